The van der Waals surface area contributed by atoms with Gasteiger partial charge < -0.3 is 24.1 Å². The summed E-state index contributed by atoms with van der Waals surface area (Å²) in [5, 5.41) is 23.2. The van der Waals surface area contributed by atoms with E-state index in [1.165, 1.54) is 22.7 Å². The molecule has 0 saturated heterocycles. The Labute approximate surface area is 349 Å². The first-order valence-corrected chi connectivity index (χ1v) is 20.3. The standard InChI is InChI=1S/C44H30ClN9O3S2/c1-53-20-19-46-41(53)39-50-34-32(27-11-7-8-12-28(27)45)36(59-38(34)44(56)51-39)25-15-13-23(14-16-25)29-22-54(2)42(48-29)40-49-33-31(26-17-18-30(57-3)47-21-26)35(24-9-5-4-6-10-24)58-37(33)43(55)52-40/h4-22H,1-3H3,(H,49,52,55)(H,50,51,56). The maximum Gasteiger partial charge on any atom is 0.233 e. The second-order valence-electron chi connectivity index (χ2n) is 13.6. The third-order valence-corrected chi connectivity index (χ3v) is 12.8. The molecule has 7 heterocycles. The highest BCUT2D eigenvalue weighted by atomic mass is 35.5. The fraction of sp³-hybridized carbons (Fsp3) is 0.0682. The largest absolute Gasteiger partial charge is 0.492 e. The highest BCUT2D eigenvalue weighted by Gasteiger charge is 2.26. The Hall–Kier alpha value is -7.00. The summed E-state index contributed by atoms with van der Waals surface area (Å²) < 4.78 is 10.1. The average molecular weight is 832 g/mol. The molecule has 2 N–H and O–H groups in total. The number of rotatable bonds is 8. The number of hydrogen-bond donors (Lipinski definition) is 2. The van der Waals surface area contributed by atoms with Gasteiger partial charge in [0.2, 0.25) is 17.6 Å². The average Bonchev–Trinajstić information content (AvgIpc) is 4.06. The van der Waals surface area contributed by atoms with Crippen LogP contribution in [0.1, 0.15) is 0 Å². The molecule has 0 unspecified atom stereocenters. The predicted octanol–water partition coefficient (Wildman–Crippen LogP) is 10.3. The Morgan fingerprint density at radius 3 is 1.86 bits per heavy atom. The van der Waals surface area contributed by atoms with E-state index in [0.717, 1.165) is 48.7 Å². The van der Waals surface area contributed by atoms with Crippen LogP contribution in [-0.4, -0.2) is 61.3 Å². The minimum absolute atomic E-state index is 0.130. The van der Waals surface area contributed by atoms with Gasteiger partial charge in [-0.1, -0.05) is 84.4 Å². The topological polar surface area (TPSA) is 150 Å². The second kappa shape index (κ2) is 14.4. The number of hydrogen-bond acceptors (Lipinski definition) is 12. The van der Waals surface area contributed by atoms with Crippen LogP contribution in [0.15, 0.2) is 116 Å². The molecule has 15 heteroatoms. The Balaban J connectivity index is 1.06. The zero-order valence-corrected chi connectivity index (χ0v) is 33.9. The SMILES string of the molecule is COc1ccc(-c2c(-c3ccccc3)sc3c(O)nc(-c4nc(-c5ccc(-c6sc7c(O)nc(-c8nccn8C)nc7c6-c6ccccc6Cl)cc5)cn4C)nc23)cn1. The summed E-state index contributed by atoms with van der Waals surface area (Å²) in [5.74, 6) is 1.83. The fourth-order valence-corrected chi connectivity index (χ4v) is 9.67. The molecule has 288 valence electrons. The molecular weight excluding hydrogens is 802 g/mol. The van der Waals surface area contributed by atoms with E-state index in [0.29, 0.717) is 54.5 Å². The van der Waals surface area contributed by atoms with Gasteiger partial charge in [-0.25, -0.2) is 24.9 Å². The number of ether oxygens (including phenoxy) is 1. The zero-order chi connectivity index (χ0) is 40.4. The molecule has 12 nitrogen and oxygen atoms in total. The molecular formula is C44H30ClN9O3S2. The van der Waals surface area contributed by atoms with Crippen molar-refractivity contribution < 1.29 is 14.9 Å². The van der Waals surface area contributed by atoms with Gasteiger partial charge in [-0.2, -0.15) is 9.97 Å². The number of nitrogens with zero attached hydrogens (tertiary/aromatic N) is 9. The molecule has 0 amide bonds. The molecule has 59 heavy (non-hydrogen) atoms. The Kier molecular flexibility index (Phi) is 8.89. The number of benzene rings is 3. The molecule has 0 aliphatic heterocycles. The number of aromatic nitrogens is 9. The van der Waals surface area contributed by atoms with Crippen molar-refractivity contribution in [2.24, 2.45) is 14.1 Å². The third kappa shape index (κ3) is 6.25. The van der Waals surface area contributed by atoms with E-state index in [4.69, 9.17) is 31.3 Å². The summed E-state index contributed by atoms with van der Waals surface area (Å²) in [6, 6.07) is 29.3. The van der Waals surface area contributed by atoms with Crippen molar-refractivity contribution in [1.82, 2.24) is 44.0 Å². The van der Waals surface area contributed by atoms with E-state index in [1.54, 1.807) is 30.3 Å². The minimum atomic E-state index is -0.131. The Bertz CT molecular complexity index is 3210. The van der Waals surface area contributed by atoms with Crippen LogP contribution in [-0.2, 0) is 14.1 Å². The molecule has 0 aliphatic rings. The number of imidazole rings is 2. The van der Waals surface area contributed by atoms with Crippen molar-refractivity contribution in [2.75, 3.05) is 7.11 Å². The van der Waals surface area contributed by atoms with Gasteiger partial charge >= 0.3 is 0 Å². The second-order valence-corrected chi connectivity index (χ2v) is 16.1. The quantitative estimate of drug-likeness (QED) is 0.151. The molecule has 0 fully saturated rings. The number of halogens is 1. The third-order valence-electron chi connectivity index (χ3n) is 9.99. The number of aryl methyl sites for hydroxylation is 2. The summed E-state index contributed by atoms with van der Waals surface area (Å²) in [5.41, 5.74) is 7.83. The van der Waals surface area contributed by atoms with Crippen LogP contribution in [0.3, 0.4) is 0 Å². The summed E-state index contributed by atoms with van der Waals surface area (Å²) in [7, 11) is 5.31. The van der Waals surface area contributed by atoms with Crippen LogP contribution in [0.25, 0.3) is 98.1 Å². The van der Waals surface area contributed by atoms with Crippen LogP contribution < -0.4 is 4.74 Å². The van der Waals surface area contributed by atoms with Crippen molar-refractivity contribution >= 4 is 54.7 Å². The molecule has 3 aromatic carbocycles. The van der Waals surface area contributed by atoms with Gasteiger partial charge in [0.25, 0.3) is 0 Å². The lowest BCUT2D eigenvalue weighted by Crippen LogP contribution is -1.97. The summed E-state index contributed by atoms with van der Waals surface area (Å²) >= 11 is 9.64. The van der Waals surface area contributed by atoms with E-state index in [-0.39, 0.29) is 17.6 Å². The summed E-state index contributed by atoms with van der Waals surface area (Å²) in [4.78, 5) is 34.6. The molecule has 0 saturated carbocycles. The monoisotopic (exact) mass is 831 g/mol. The molecule has 0 atom stereocenters. The smallest absolute Gasteiger partial charge is 0.233 e. The number of pyridine rings is 1. The first-order valence-electron chi connectivity index (χ1n) is 18.3. The number of aromatic hydroxyl groups is 2. The molecule has 7 aromatic heterocycles. The molecule has 0 radical (unpaired) electrons. The summed E-state index contributed by atoms with van der Waals surface area (Å²) in [6.45, 7) is 0. The van der Waals surface area contributed by atoms with Gasteiger partial charge in [0, 0.05) is 87.5 Å². The van der Waals surface area contributed by atoms with Gasteiger partial charge in [-0.05, 0) is 23.3 Å². The number of methoxy groups -OCH3 is 1. The normalized spacial score (nSPS) is 11.5. The Morgan fingerprint density at radius 2 is 1.22 bits per heavy atom. The molecule has 10 rings (SSSR count). The highest BCUT2D eigenvalue weighted by Crippen LogP contribution is 2.49. The maximum absolute atomic E-state index is 11.4. The highest BCUT2D eigenvalue weighted by molar-refractivity contribution is 7.23. The zero-order valence-electron chi connectivity index (χ0n) is 31.5. The fourth-order valence-electron chi connectivity index (χ4n) is 7.14. The molecule has 0 spiro atoms. The van der Waals surface area contributed by atoms with E-state index in [1.807, 2.05) is 116 Å². The van der Waals surface area contributed by atoms with Gasteiger partial charge in [0.1, 0.15) is 9.40 Å². The van der Waals surface area contributed by atoms with Crippen molar-refractivity contribution in [2.45, 2.75) is 0 Å². The Morgan fingerprint density at radius 1 is 0.610 bits per heavy atom. The number of fused-ring (bicyclic) bond motifs is 2. The van der Waals surface area contributed by atoms with E-state index in [2.05, 4.69) is 19.9 Å². The van der Waals surface area contributed by atoms with E-state index < -0.39 is 0 Å². The molecule has 0 aliphatic carbocycles. The maximum atomic E-state index is 11.4. The first kappa shape index (κ1) is 36.3. The van der Waals surface area contributed by atoms with Crippen LogP contribution >= 0.6 is 34.3 Å². The van der Waals surface area contributed by atoms with Crippen LogP contribution in [0.4, 0.5) is 0 Å². The minimum Gasteiger partial charge on any atom is -0.492 e. The summed E-state index contributed by atoms with van der Waals surface area (Å²) in [6.07, 6.45) is 7.13. The lowest BCUT2D eigenvalue weighted by molar-refractivity contribution is 0.398. The van der Waals surface area contributed by atoms with Gasteiger partial charge in [-0.15, -0.1) is 22.7 Å². The van der Waals surface area contributed by atoms with Gasteiger partial charge in [0.05, 0.1) is 23.8 Å². The van der Waals surface area contributed by atoms with Crippen molar-refractivity contribution in [3.8, 4) is 95.3 Å². The van der Waals surface area contributed by atoms with Crippen molar-refractivity contribution in [3.63, 3.8) is 0 Å². The molecule has 0 bridgehead atoms. The van der Waals surface area contributed by atoms with Crippen LogP contribution in [0, 0.1) is 0 Å². The van der Waals surface area contributed by atoms with Crippen molar-refractivity contribution in [3.05, 3.63) is 121 Å². The molecule has 10 aromatic rings. The lowest BCUT2D eigenvalue weighted by atomic mass is 10.00. The van der Waals surface area contributed by atoms with Gasteiger partial charge in [-0.3, -0.25) is 0 Å². The predicted molar refractivity (Wildman–Crippen MR) is 233 cm³/mol. The number of thiophene rings is 2. The van der Waals surface area contributed by atoms with Gasteiger partial charge in [0.15, 0.2) is 23.3 Å². The first-order chi connectivity index (χ1) is 28.7. The van der Waals surface area contributed by atoms with E-state index >= 15 is 0 Å². The van der Waals surface area contributed by atoms with Crippen molar-refractivity contribution in [1.29, 1.82) is 0 Å². The lowest BCUT2D eigenvalue weighted by Gasteiger charge is -2.08. The van der Waals surface area contributed by atoms with Crippen LogP contribution in [0.2, 0.25) is 5.02 Å². The van der Waals surface area contributed by atoms with Crippen LogP contribution in [0.5, 0.6) is 17.6 Å². The van der Waals surface area contributed by atoms with E-state index in [9.17, 15) is 10.2 Å².